The lowest BCUT2D eigenvalue weighted by Crippen LogP contribution is -2.41. The zero-order chi connectivity index (χ0) is 9.14. The molecule has 72 valence electrons. The summed E-state index contributed by atoms with van der Waals surface area (Å²) in [5, 5.41) is 9.04. The van der Waals surface area contributed by atoms with Crippen LogP contribution in [0.15, 0.2) is 0 Å². The largest absolute Gasteiger partial charge is 0.395 e. The van der Waals surface area contributed by atoms with Crippen LogP contribution < -0.4 is 5.73 Å². The molecule has 0 radical (unpaired) electrons. The standard InChI is InChI=1S/C9H20N2O/c1-7-4-11(5-8(7)2)9(3-10)6-12/h7-9,12H,3-6,10H2,1-2H3. The Morgan fingerprint density at radius 1 is 1.42 bits per heavy atom. The van der Waals surface area contributed by atoms with Crippen molar-refractivity contribution in [3.8, 4) is 0 Å². The number of aliphatic hydroxyl groups is 1. The van der Waals surface area contributed by atoms with E-state index < -0.39 is 0 Å². The molecular formula is C9H20N2O. The van der Waals surface area contributed by atoms with Crippen LogP contribution in [0.2, 0.25) is 0 Å². The Hall–Kier alpha value is -0.120. The summed E-state index contributed by atoms with van der Waals surface area (Å²) < 4.78 is 0. The van der Waals surface area contributed by atoms with Crippen LogP contribution >= 0.6 is 0 Å². The van der Waals surface area contributed by atoms with E-state index in [0.29, 0.717) is 6.54 Å². The number of hydrogen-bond acceptors (Lipinski definition) is 3. The SMILES string of the molecule is CC1CN(C(CN)CO)CC1C. The third-order valence-corrected chi connectivity index (χ3v) is 3.02. The average Bonchev–Trinajstić information content (AvgIpc) is 2.35. The maximum absolute atomic E-state index is 9.04. The van der Waals surface area contributed by atoms with Gasteiger partial charge in [0.1, 0.15) is 0 Å². The van der Waals surface area contributed by atoms with Gasteiger partial charge in [-0.05, 0) is 11.8 Å². The molecule has 0 saturated carbocycles. The number of hydrogen-bond donors (Lipinski definition) is 2. The summed E-state index contributed by atoms with van der Waals surface area (Å²) in [5.41, 5.74) is 5.55. The van der Waals surface area contributed by atoms with Crippen LogP contribution in [0.1, 0.15) is 13.8 Å². The lowest BCUT2D eigenvalue weighted by atomic mass is 10.0. The lowest BCUT2D eigenvalue weighted by molar-refractivity contribution is 0.146. The molecule has 12 heavy (non-hydrogen) atoms. The van der Waals surface area contributed by atoms with E-state index in [1.165, 1.54) is 0 Å². The van der Waals surface area contributed by atoms with Gasteiger partial charge >= 0.3 is 0 Å². The van der Waals surface area contributed by atoms with E-state index in [2.05, 4.69) is 18.7 Å². The fourth-order valence-electron chi connectivity index (χ4n) is 1.81. The van der Waals surface area contributed by atoms with Crippen LogP contribution in [0.4, 0.5) is 0 Å². The second-order valence-corrected chi connectivity index (χ2v) is 3.98. The Bertz CT molecular complexity index is 126. The van der Waals surface area contributed by atoms with E-state index >= 15 is 0 Å². The molecular weight excluding hydrogens is 152 g/mol. The molecule has 0 aromatic heterocycles. The van der Waals surface area contributed by atoms with Gasteiger partial charge in [0.25, 0.3) is 0 Å². The Balaban J connectivity index is 2.44. The molecule has 1 fully saturated rings. The van der Waals surface area contributed by atoms with Gasteiger partial charge in [-0.25, -0.2) is 0 Å². The van der Waals surface area contributed by atoms with E-state index in [4.69, 9.17) is 10.8 Å². The molecule has 3 heteroatoms. The predicted octanol–water partition coefficient (Wildman–Crippen LogP) is -0.106. The zero-order valence-corrected chi connectivity index (χ0v) is 8.03. The highest BCUT2D eigenvalue weighted by molar-refractivity contribution is 4.83. The van der Waals surface area contributed by atoms with Crippen molar-refractivity contribution in [2.45, 2.75) is 19.9 Å². The minimum atomic E-state index is 0.178. The molecule has 1 heterocycles. The van der Waals surface area contributed by atoms with Crippen molar-refractivity contribution < 1.29 is 5.11 Å². The van der Waals surface area contributed by atoms with Crippen LogP contribution in [-0.2, 0) is 0 Å². The maximum Gasteiger partial charge on any atom is 0.0599 e. The van der Waals surface area contributed by atoms with Crippen molar-refractivity contribution >= 4 is 0 Å². The molecule has 0 aliphatic carbocycles. The highest BCUT2D eigenvalue weighted by atomic mass is 16.3. The van der Waals surface area contributed by atoms with Crippen molar-refractivity contribution in [2.24, 2.45) is 17.6 Å². The predicted molar refractivity (Wildman–Crippen MR) is 49.8 cm³/mol. The molecule has 0 bridgehead atoms. The van der Waals surface area contributed by atoms with Gasteiger partial charge < -0.3 is 10.8 Å². The maximum atomic E-state index is 9.04. The summed E-state index contributed by atoms with van der Waals surface area (Å²) in [6.07, 6.45) is 0. The quantitative estimate of drug-likeness (QED) is 0.624. The van der Waals surface area contributed by atoms with E-state index in [1.54, 1.807) is 0 Å². The highest BCUT2D eigenvalue weighted by Crippen LogP contribution is 2.23. The van der Waals surface area contributed by atoms with Crippen molar-refractivity contribution in [3.05, 3.63) is 0 Å². The molecule has 0 amide bonds. The summed E-state index contributed by atoms with van der Waals surface area (Å²) in [6, 6.07) is 0.178. The minimum Gasteiger partial charge on any atom is -0.395 e. The molecule has 3 N–H and O–H groups in total. The van der Waals surface area contributed by atoms with Gasteiger partial charge in [-0.2, -0.15) is 0 Å². The van der Waals surface area contributed by atoms with Crippen molar-refractivity contribution in [3.63, 3.8) is 0 Å². The highest BCUT2D eigenvalue weighted by Gasteiger charge is 2.29. The van der Waals surface area contributed by atoms with E-state index in [1.807, 2.05) is 0 Å². The third kappa shape index (κ3) is 1.97. The molecule has 3 atom stereocenters. The number of aliphatic hydroxyl groups excluding tert-OH is 1. The summed E-state index contributed by atoms with van der Waals surface area (Å²) in [5.74, 6) is 1.48. The van der Waals surface area contributed by atoms with Gasteiger partial charge in [0.2, 0.25) is 0 Å². The Kier molecular flexibility index (Phi) is 3.50. The second-order valence-electron chi connectivity index (χ2n) is 3.98. The second kappa shape index (κ2) is 4.21. The normalized spacial score (nSPS) is 34.0. The summed E-state index contributed by atoms with van der Waals surface area (Å²) in [4.78, 5) is 2.30. The average molecular weight is 172 g/mol. The van der Waals surface area contributed by atoms with E-state index in [9.17, 15) is 0 Å². The van der Waals surface area contributed by atoms with Crippen LogP contribution in [0.5, 0.6) is 0 Å². The Morgan fingerprint density at radius 3 is 2.25 bits per heavy atom. The molecule has 0 aromatic rings. The topological polar surface area (TPSA) is 49.5 Å². The van der Waals surface area contributed by atoms with Gasteiger partial charge in [-0.3, -0.25) is 4.90 Å². The molecule has 0 aromatic carbocycles. The van der Waals surface area contributed by atoms with E-state index in [-0.39, 0.29) is 12.6 Å². The third-order valence-electron chi connectivity index (χ3n) is 3.02. The number of nitrogens with two attached hydrogens (primary N) is 1. The smallest absolute Gasteiger partial charge is 0.0599 e. The molecule has 1 saturated heterocycles. The van der Waals surface area contributed by atoms with Gasteiger partial charge in [0.15, 0.2) is 0 Å². The van der Waals surface area contributed by atoms with Crippen LogP contribution in [0.25, 0.3) is 0 Å². The van der Waals surface area contributed by atoms with Crippen molar-refractivity contribution in [1.82, 2.24) is 4.90 Å². The molecule has 0 spiro atoms. The lowest BCUT2D eigenvalue weighted by Gasteiger charge is -2.24. The summed E-state index contributed by atoms with van der Waals surface area (Å²) in [7, 11) is 0. The zero-order valence-electron chi connectivity index (χ0n) is 8.03. The van der Waals surface area contributed by atoms with Crippen LogP contribution in [0.3, 0.4) is 0 Å². The Morgan fingerprint density at radius 2 is 1.92 bits per heavy atom. The van der Waals surface area contributed by atoms with E-state index in [0.717, 1.165) is 24.9 Å². The fourth-order valence-corrected chi connectivity index (χ4v) is 1.81. The number of likely N-dealkylation sites (tertiary alicyclic amines) is 1. The van der Waals surface area contributed by atoms with Crippen molar-refractivity contribution in [1.29, 1.82) is 0 Å². The number of rotatable bonds is 3. The molecule has 1 aliphatic heterocycles. The van der Waals surface area contributed by atoms with Gasteiger partial charge in [-0.1, -0.05) is 13.8 Å². The van der Waals surface area contributed by atoms with Crippen LogP contribution in [0, 0.1) is 11.8 Å². The molecule has 1 rings (SSSR count). The first-order valence-corrected chi connectivity index (χ1v) is 4.74. The van der Waals surface area contributed by atoms with Gasteiger partial charge in [0.05, 0.1) is 6.61 Å². The molecule has 3 unspecified atom stereocenters. The fraction of sp³-hybridized carbons (Fsp3) is 1.00. The molecule has 3 nitrogen and oxygen atoms in total. The van der Waals surface area contributed by atoms with Crippen molar-refractivity contribution in [2.75, 3.05) is 26.2 Å². The number of nitrogens with zero attached hydrogens (tertiary/aromatic N) is 1. The first-order chi connectivity index (χ1) is 5.69. The Labute approximate surface area is 74.5 Å². The van der Waals surface area contributed by atoms with Crippen LogP contribution in [-0.4, -0.2) is 42.3 Å². The monoisotopic (exact) mass is 172 g/mol. The van der Waals surface area contributed by atoms with Gasteiger partial charge in [0, 0.05) is 25.7 Å². The minimum absolute atomic E-state index is 0.178. The molecule has 1 aliphatic rings. The summed E-state index contributed by atoms with van der Waals surface area (Å²) >= 11 is 0. The first-order valence-electron chi connectivity index (χ1n) is 4.74. The van der Waals surface area contributed by atoms with Gasteiger partial charge in [-0.15, -0.1) is 0 Å². The first kappa shape index (κ1) is 9.96. The summed E-state index contributed by atoms with van der Waals surface area (Å²) in [6.45, 7) is 7.45.